The van der Waals surface area contributed by atoms with Gasteiger partial charge >= 0.3 is 5.97 Å². The number of rotatable bonds is 7. The molecule has 0 radical (unpaired) electrons. The van der Waals surface area contributed by atoms with E-state index in [1.807, 2.05) is 16.1 Å². The van der Waals surface area contributed by atoms with Crippen molar-refractivity contribution < 1.29 is 19.5 Å². The Balaban J connectivity index is 1.22. The van der Waals surface area contributed by atoms with Crippen molar-refractivity contribution in [3.05, 3.63) is 35.4 Å². The number of hydrogen-bond donors (Lipinski definition) is 1. The van der Waals surface area contributed by atoms with Gasteiger partial charge in [0.05, 0.1) is 44.8 Å². The Kier molecular flexibility index (Phi) is 6.93. The lowest BCUT2D eigenvalue weighted by Gasteiger charge is -2.34. The van der Waals surface area contributed by atoms with E-state index in [1.165, 1.54) is 0 Å². The molecule has 9 heteroatoms. The van der Waals surface area contributed by atoms with Gasteiger partial charge in [-0.15, -0.1) is 0 Å². The molecule has 1 aromatic carbocycles. The molecule has 4 rings (SSSR count). The predicted octanol–water partition coefficient (Wildman–Crippen LogP) is 0.548. The summed E-state index contributed by atoms with van der Waals surface area (Å²) in [4.78, 5) is 20.8. The summed E-state index contributed by atoms with van der Waals surface area (Å²) in [7, 11) is 0. The Morgan fingerprint density at radius 2 is 1.80 bits per heavy atom. The number of oxime groups is 1. The van der Waals surface area contributed by atoms with Crippen molar-refractivity contribution in [1.82, 2.24) is 14.8 Å². The quantitative estimate of drug-likeness (QED) is 0.651. The summed E-state index contributed by atoms with van der Waals surface area (Å²) in [5.41, 5.74) is 3.11. The van der Waals surface area contributed by atoms with E-state index in [4.69, 9.17) is 14.7 Å². The second-order valence-electron chi connectivity index (χ2n) is 7.87. The van der Waals surface area contributed by atoms with Crippen molar-refractivity contribution in [2.75, 3.05) is 65.6 Å². The number of piperazine rings is 1. The summed E-state index contributed by atoms with van der Waals surface area (Å²) in [6, 6.07) is 8.24. The van der Waals surface area contributed by atoms with E-state index >= 15 is 0 Å². The van der Waals surface area contributed by atoms with Crippen molar-refractivity contribution in [3.8, 4) is 0 Å². The molecule has 0 unspecified atom stereocenters. The van der Waals surface area contributed by atoms with E-state index in [-0.39, 0.29) is 12.6 Å². The molecule has 1 aromatic rings. The van der Waals surface area contributed by atoms with E-state index in [0.717, 1.165) is 82.3 Å². The van der Waals surface area contributed by atoms with E-state index in [0.29, 0.717) is 0 Å². The maximum Gasteiger partial charge on any atom is 0.317 e. The molecule has 1 N–H and O–H groups in total. The summed E-state index contributed by atoms with van der Waals surface area (Å²) >= 11 is 0. The fourth-order valence-corrected chi connectivity index (χ4v) is 3.89. The van der Waals surface area contributed by atoms with Gasteiger partial charge in [0, 0.05) is 39.1 Å². The van der Waals surface area contributed by atoms with Gasteiger partial charge in [-0.25, -0.2) is 0 Å². The van der Waals surface area contributed by atoms with Crippen LogP contribution < -0.4 is 0 Å². The number of ether oxygens (including phenoxy) is 1. The fraction of sp³-hybridized carbons (Fsp3) is 0.571. The first-order chi connectivity index (χ1) is 14.7. The molecule has 0 spiro atoms. The molecular weight excluding hydrogens is 386 g/mol. The second kappa shape index (κ2) is 10.0. The van der Waals surface area contributed by atoms with Gasteiger partial charge in [-0.3, -0.25) is 19.6 Å². The molecule has 0 aromatic heterocycles. The van der Waals surface area contributed by atoms with Crippen molar-refractivity contribution in [1.29, 1.82) is 0 Å². The van der Waals surface area contributed by atoms with Crippen molar-refractivity contribution >= 4 is 17.9 Å². The number of benzene rings is 1. The summed E-state index contributed by atoms with van der Waals surface area (Å²) in [6.07, 6.45) is 2.72. The van der Waals surface area contributed by atoms with Crippen LogP contribution in [-0.4, -0.2) is 109 Å². The van der Waals surface area contributed by atoms with Crippen molar-refractivity contribution in [3.63, 3.8) is 0 Å². The smallest absolute Gasteiger partial charge is 0.317 e. The Hall–Kier alpha value is -2.49. The fourth-order valence-electron chi connectivity index (χ4n) is 3.89. The van der Waals surface area contributed by atoms with E-state index in [2.05, 4.69) is 39.4 Å². The van der Waals surface area contributed by atoms with Crippen LogP contribution in [0.5, 0.6) is 0 Å². The number of carbonyl (C=O) groups is 1. The van der Waals surface area contributed by atoms with Crippen molar-refractivity contribution in [2.24, 2.45) is 10.3 Å². The summed E-state index contributed by atoms with van der Waals surface area (Å²) in [5.74, 6) is -0.765. The molecule has 162 valence electrons. The highest BCUT2D eigenvalue weighted by molar-refractivity contribution is 6.01. The third kappa shape index (κ3) is 5.78. The summed E-state index contributed by atoms with van der Waals surface area (Å²) in [6.45, 7) is 7.34. The summed E-state index contributed by atoms with van der Waals surface area (Å²) < 4.78 is 5.33. The normalized spacial score (nSPS) is 23.5. The second-order valence-corrected chi connectivity index (χ2v) is 7.87. The van der Waals surface area contributed by atoms with Gasteiger partial charge in [0.15, 0.2) is 0 Å². The molecule has 2 fully saturated rings. The zero-order valence-electron chi connectivity index (χ0n) is 17.2. The minimum Gasteiger partial charge on any atom is -0.480 e. The molecule has 3 aliphatic heterocycles. The highest BCUT2D eigenvalue weighted by Crippen LogP contribution is 2.18. The third-order valence-corrected chi connectivity index (χ3v) is 5.62. The zero-order chi connectivity index (χ0) is 20.8. The molecule has 0 saturated carbocycles. The molecule has 30 heavy (non-hydrogen) atoms. The zero-order valence-corrected chi connectivity index (χ0v) is 17.2. The average Bonchev–Trinajstić information content (AvgIpc) is 3.23. The highest BCUT2D eigenvalue weighted by Gasteiger charge is 2.26. The number of hydrogen-bond acceptors (Lipinski definition) is 8. The Morgan fingerprint density at radius 3 is 2.50 bits per heavy atom. The SMILES string of the molecule is O=C(O)CN1CCN(C[C@H]2CC(c3ccc(C=NN4CCOCC4)cc3)=NO2)CC1. The molecule has 0 aliphatic carbocycles. The lowest BCUT2D eigenvalue weighted by atomic mass is 10.0. The van der Waals surface area contributed by atoms with Gasteiger partial charge in [-0.2, -0.15) is 5.10 Å². The lowest BCUT2D eigenvalue weighted by Crippen LogP contribution is -2.49. The summed E-state index contributed by atoms with van der Waals surface area (Å²) in [5, 5.41) is 19.7. The Labute approximate surface area is 176 Å². The molecule has 0 amide bonds. The monoisotopic (exact) mass is 415 g/mol. The van der Waals surface area contributed by atoms with Gasteiger partial charge in [-0.1, -0.05) is 29.4 Å². The van der Waals surface area contributed by atoms with E-state index in [1.54, 1.807) is 0 Å². The number of carboxylic acids is 1. The third-order valence-electron chi connectivity index (χ3n) is 5.62. The van der Waals surface area contributed by atoms with E-state index in [9.17, 15) is 4.79 Å². The first-order valence-electron chi connectivity index (χ1n) is 10.5. The molecule has 9 nitrogen and oxygen atoms in total. The standard InChI is InChI=1S/C21H29N5O4/c27-21(28)16-25-7-5-24(6-8-25)15-19-13-20(23-30-19)18-3-1-17(2-4-18)14-22-26-9-11-29-12-10-26/h1-4,14,19H,5-13,15-16H2,(H,27,28)/t19-/m1/s1. The predicted molar refractivity (Wildman–Crippen MR) is 113 cm³/mol. The Morgan fingerprint density at radius 1 is 1.10 bits per heavy atom. The van der Waals surface area contributed by atoms with Crippen LogP contribution in [0.4, 0.5) is 0 Å². The minimum atomic E-state index is -0.765. The molecule has 2 saturated heterocycles. The average molecular weight is 415 g/mol. The number of aliphatic carboxylic acids is 1. The van der Waals surface area contributed by atoms with Gasteiger partial charge < -0.3 is 14.7 Å². The number of carboxylic acid groups (broad SMARTS) is 1. The molecule has 3 heterocycles. The Bertz CT molecular complexity index is 768. The molecular formula is C21H29N5O4. The van der Waals surface area contributed by atoms with Gasteiger partial charge in [0.2, 0.25) is 0 Å². The van der Waals surface area contributed by atoms with Crippen LogP contribution in [0.1, 0.15) is 17.5 Å². The molecule has 0 bridgehead atoms. The van der Waals surface area contributed by atoms with Crippen molar-refractivity contribution in [2.45, 2.75) is 12.5 Å². The minimum absolute atomic E-state index is 0.0496. The first-order valence-corrected chi connectivity index (χ1v) is 10.5. The van der Waals surface area contributed by atoms with Crippen LogP contribution >= 0.6 is 0 Å². The molecule has 3 aliphatic rings. The van der Waals surface area contributed by atoms with Gasteiger partial charge in [0.25, 0.3) is 0 Å². The topological polar surface area (TPSA) is 90.2 Å². The number of nitrogens with zero attached hydrogens (tertiary/aromatic N) is 5. The van der Waals surface area contributed by atoms with Gasteiger partial charge in [0.1, 0.15) is 6.10 Å². The largest absolute Gasteiger partial charge is 0.480 e. The van der Waals surface area contributed by atoms with Crippen LogP contribution in [0.25, 0.3) is 0 Å². The van der Waals surface area contributed by atoms with Crippen LogP contribution in [0.15, 0.2) is 34.5 Å². The highest BCUT2D eigenvalue weighted by atomic mass is 16.6. The van der Waals surface area contributed by atoms with Crippen LogP contribution in [-0.2, 0) is 14.4 Å². The van der Waals surface area contributed by atoms with Gasteiger partial charge in [-0.05, 0) is 11.1 Å². The number of hydrazone groups is 1. The number of morpholine rings is 1. The van der Waals surface area contributed by atoms with Crippen LogP contribution in [0.2, 0.25) is 0 Å². The maximum atomic E-state index is 10.8. The van der Waals surface area contributed by atoms with Crippen LogP contribution in [0, 0.1) is 0 Å². The maximum absolute atomic E-state index is 10.8. The first kappa shape index (κ1) is 20.8. The lowest BCUT2D eigenvalue weighted by molar-refractivity contribution is -0.138. The van der Waals surface area contributed by atoms with E-state index < -0.39 is 5.97 Å². The molecule has 1 atom stereocenters. The van der Waals surface area contributed by atoms with Crippen LogP contribution in [0.3, 0.4) is 0 Å².